The molecule has 1 saturated carbocycles. The highest BCUT2D eigenvalue weighted by atomic mass is 16.5. The van der Waals surface area contributed by atoms with E-state index in [2.05, 4.69) is 69.8 Å². The Balaban J connectivity index is 0.00000133. The lowest BCUT2D eigenvalue weighted by atomic mass is 9.82. The molecule has 186 valence electrons. The van der Waals surface area contributed by atoms with Crippen molar-refractivity contribution in [2.45, 2.75) is 84.7 Å². The van der Waals surface area contributed by atoms with Crippen molar-refractivity contribution in [2.75, 3.05) is 0 Å². The van der Waals surface area contributed by atoms with Crippen LogP contribution in [0.15, 0.2) is 49.1 Å². The number of carbonyl (C=O) groups excluding carboxylic acids is 1. The molecule has 2 aromatic rings. The third kappa shape index (κ3) is 6.60. The second-order valence-corrected chi connectivity index (χ2v) is 10.1. The van der Waals surface area contributed by atoms with Crippen LogP contribution in [0, 0.1) is 31.6 Å². The topological polar surface area (TPSA) is 57.8 Å². The van der Waals surface area contributed by atoms with Gasteiger partial charge in [0.1, 0.15) is 18.6 Å². The smallest absolute Gasteiger partial charge is 0.127 e. The Morgan fingerprint density at radius 3 is 2.44 bits per heavy atom. The number of benzene rings is 2. The monoisotopic (exact) mass is 464 g/mol. The Morgan fingerprint density at radius 2 is 1.76 bits per heavy atom. The lowest BCUT2D eigenvalue weighted by Crippen LogP contribution is -2.23. The summed E-state index contributed by atoms with van der Waals surface area (Å²) in [4.78, 5) is 8.00. The van der Waals surface area contributed by atoms with Gasteiger partial charge in [-0.05, 0) is 92.2 Å². The molecule has 3 heteroatoms. The Bertz CT molecular complexity index is 902. The summed E-state index contributed by atoms with van der Waals surface area (Å²) >= 11 is 0. The van der Waals surface area contributed by atoms with E-state index in [-0.39, 0.29) is 11.6 Å². The van der Waals surface area contributed by atoms with Crippen LogP contribution in [0.2, 0.25) is 0 Å². The average Bonchev–Trinajstić information content (AvgIpc) is 3.02. The molecule has 2 aliphatic rings. The largest absolute Gasteiger partial charge is 0.485 e. The number of aryl methyl sites for hydroxylation is 3. The van der Waals surface area contributed by atoms with Gasteiger partial charge in [0.25, 0.3) is 0 Å². The maximum absolute atomic E-state index is 8.00. The van der Waals surface area contributed by atoms with Gasteiger partial charge in [0, 0.05) is 5.92 Å². The van der Waals surface area contributed by atoms with Crippen LogP contribution in [0.1, 0.15) is 85.8 Å². The lowest BCUT2D eigenvalue weighted by Gasteiger charge is -2.29. The van der Waals surface area contributed by atoms with Crippen LogP contribution in [0.4, 0.5) is 0 Å². The Labute approximate surface area is 206 Å². The minimum absolute atomic E-state index is 0. The number of fused-ring (bicyclic) bond motifs is 1. The second-order valence-electron chi connectivity index (χ2n) is 10.1. The van der Waals surface area contributed by atoms with E-state index in [1.807, 2.05) is 6.79 Å². The molecule has 2 N–H and O–H groups in total. The third-order valence-corrected chi connectivity index (χ3v) is 7.90. The minimum Gasteiger partial charge on any atom is -0.485 e. The zero-order chi connectivity index (χ0) is 23.8. The first kappa shape index (κ1) is 27.9. The molecule has 0 saturated heterocycles. The highest BCUT2D eigenvalue weighted by Crippen LogP contribution is 2.48. The van der Waals surface area contributed by atoms with E-state index in [1.54, 1.807) is 5.56 Å². The molecule has 34 heavy (non-hydrogen) atoms. The summed E-state index contributed by atoms with van der Waals surface area (Å²) in [5, 5.41) is 0. The average molecular weight is 465 g/mol. The molecule has 4 atom stereocenters. The first-order valence-electron chi connectivity index (χ1n) is 12.8. The van der Waals surface area contributed by atoms with E-state index in [0.717, 1.165) is 24.0 Å². The summed E-state index contributed by atoms with van der Waals surface area (Å²) in [6, 6.07) is 13.5. The SMILES string of the molecule is C=CCCC1CCCC([C@H]2Cc3c(C)cc(C)cc3[C@@H]2Oc2ccc(CC)cc2)CC1.C=O.O. The summed E-state index contributed by atoms with van der Waals surface area (Å²) in [6.45, 7) is 12.7. The molecule has 0 aromatic heterocycles. The van der Waals surface area contributed by atoms with Crippen molar-refractivity contribution < 1.29 is 15.0 Å². The van der Waals surface area contributed by atoms with E-state index >= 15 is 0 Å². The van der Waals surface area contributed by atoms with Gasteiger partial charge in [0.2, 0.25) is 0 Å². The van der Waals surface area contributed by atoms with E-state index in [9.17, 15) is 0 Å². The van der Waals surface area contributed by atoms with Gasteiger partial charge in [-0.25, -0.2) is 0 Å². The van der Waals surface area contributed by atoms with Gasteiger partial charge in [-0.3, -0.25) is 0 Å². The molecule has 2 aromatic carbocycles. The molecule has 0 amide bonds. The molecule has 2 aliphatic carbocycles. The van der Waals surface area contributed by atoms with E-state index in [1.165, 1.54) is 73.6 Å². The number of hydrogen-bond donors (Lipinski definition) is 0. The van der Waals surface area contributed by atoms with Crippen LogP contribution in [-0.4, -0.2) is 12.3 Å². The fourth-order valence-corrected chi connectivity index (χ4v) is 6.13. The van der Waals surface area contributed by atoms with Crippen LogP contribution in [0.3, 0.4) is 0 Å². The van der Waals surface area contributed by atoms with Crippen LogP contribution >= 0.6 is 0 Å². The number of ether oxygens (including phenoxy) is 1. The zero-order valence-corrected chi connectivity index (χ0v) is 21.4. The molecular weight excluding hydrogens is 420 g/mol. The summed E-state index contributed by atoms with van der Waals surface area (Å²) in [5.74, 6) is 3.27. The molecule has 0 spiro atoms. The van der Waals surface area contributed by atoms with Gasteiger partial charge in [-0.2, -0.15) is 0 Å². The molecule has 1 fully saturated rings. The summed E-state index contributed by atoms with van der Waals surface area (Å²) in [6.07, 6.45) is 13.9. The standard InChI is InChI=1S/C30H40O.CH2O.H2O/c1-5-7-9-24-10-8-11-25(15-12-24)28-20-27-22(4)18-21(3)19-29(27)30(28)31-26-16-13-23(6-2)14-17-26;1-2;/h5,13-14,16-19,24-25,28,30H,1,6-12,15,20H2,2-4H3;1H2;1H2/t24?,25?,28-,30-;;/m1../s1. The molecular formula is C31H44O3. The number of rotatable bonds is 7. The number of carbonyl (C=O) groups is 1. The normalized spacial score (nSPS) is 23.5. The highest BCUT2D eigenvalue weighted by molar-refractivity contribution is 5.44. The lowest BCUT2D eigenvalue weighted by molar-refractivity contribution is -0.0980. The van der Waals surface area contributed by atoms with Gasteiger partial charge in [0.15, 0.2) is 0 Å². The molecule has 0 aliphatic heterocycles. The van der Waals surface area contributed by atoms with E-state index in [4.69, 9.17) is 9.53 Å². The van der Waals surface area contributed by atoms with Crippen molar-refractivity contribution >= 4 is 6.79 Å². The Kier molecular flexibility index (Phi) is 11.0. The molecule has 0 heterocycles. The van der Waals surface area contributed by atoms with Gasteiger partial charge in [0.05, 0.1) is 0 Å². The maximum Gasteiger partial charge on any atom is 0.127 e. The fraction of sp³-hybridized carbons (Fsp3) is 0.516. The van der Waals surface area contributed by atoms with Crippen LogP contribution in [0.5, 0.6) is 5.75 Å². The summed E-state index contributed by atoms with van der Waals surface area (Å²) < 4.78 is 6.80. The first-order chi connectivity index (χ1) is 16.1. The first-order valence-corrected chi connectivity index (χ1v) is 12.8. The number of allylic oxidation sites excluding steroid dienone is 1. The molecule has 2 unspecified atom stereocenters. The zero-order valence-electron chi connectivity index (χ0n) is 21.4. The van der Waals surface area contributed by atoms with Crippen molar-refractivity contribution in [3.63, 3.8) is 0 Å². The quantitative estimate of drug-likeness (QED) is 0.318. The Hall–Kier alpha value is -2.39. The highest BCUT2D eigenvalue weighted by Gasteiger charge is 2.40. The second kappa shape index (κ2) is 13.5. The molecule has 3 nitrogen and oxygen atoms in total. The van der Waals surface area contributed by atoms with Crippen LogP contribution in [0.25, 0.3) is 0 Å². The van der Waals surface area contributed by atoms with Crippen molar-refractivity contribution in [1.29, 1.82) is 0 Å². The van der Waals surface area contributed by atoms with Gasteiger partial charge in [-0.15, -0.1) is 6.58 Å². The predicted octanol–water partition coefficient (Wildman–Crippen LogP) is 7.31. The van der Waals surface area contributed by atoms with E-state index < -0.39 is 0 Å². The summed E-state index contributed by atoms with van der Waals surface area (Å²) in [5.41, 5.74) is 7.19. The Morgan fingerprint density at radius 1 is 1.03 bits per heavy atom. The molecule has 0 radical (unpaired) electrons. The van der Waals surface area contributed by atoms with Gasteiger partial charge < -0.3 is 15.0 Å². The number of hydrogen-bond acceptors (Lipinski definition) is 2. The van der Waals surface area contributed by atoms with E-state index in [0.29, 0.717) is 5.92 Å². The van der Waals surface area contributed by atoms with Crippen LogP contribution < -0.4 is 4.74 Å². The fourth-order valence-electron chi connectivity index (χ4n) is 6.13. The molecule has 4 rings (SSSR count). The van der Waals surface area contributed by atoms with Crippen molar-refractivity contribution in [2.24, 2.45) is 17.8 Å². The minimum atomic E-state index is 0. The predicted molar refractivity (Wildman–Crippen MR) is 143 cm³/mol. The van der Waals surface area contributed by atoms with Crippen LogP contribution in [-0.2, 0) is 17.6 Å². The van der Waals surface area contributed by atoms with Gasteiger partial charge >= 0.3 is 0 Å². The maximum atomic E-state index is 8.00. The van der Waals surface area contributed by atoms with Crippen molar-refractivity contribution in [3.05, 3.63) is 76.9 Å². The van der Waals surface area contributed by atoms with Crippen molar-refractivity contribution in [1.82, 2.24) is 0 Å². The van der Waals surface area contributed by atoms with Gasteiger partial charge in [-0.1, -0.05) is 68.5 Å². The third-order valence-electron chi connectivity index (χ3n) is 7.90. The molecule has 0 bridgehead atoms. The summed E-state index contributed by atoms with van der Waals surface area (Å²) in [7, 11) is 0. The van der Waals surface area contributed by atoms with Crippen molar-refractivity contribution in [3.8, 4) is 5.75 Å².